The van der Waals surface area contributed by atoms with E-state index in [1.54, 1.807) is 4.57 Å². The average Bonchev–Trinajstić information content (AvgIpc) is 3.32. The highest BCUT2D eigenvalue weighted by Gasteiger charge is 2.26. The number of amides is 1. The maximum absolute atomic E-state index is 14.6. The van der Waals surface area contributed by atoms with Gasteiger partial charge in [0, 0.05) is 18.3 Å². The number of carbonyl (C=O) groups is 1. The Bertz CT molecular complexity index is 1200. The number of hydrogen-bond acceptors (Lipinski definition) is 7. The van der Waals surface area contributed by atoms with Gasteiger partial charge in [-0.2, -0.15) is 0 Å². The number of aliphatic hydroxyl groups excluding tert-OH is 1. The number of rotatable bonds is 3. The minimum absolute atomic E-state index is 0.0134. The molecule has 1 atom stereocenters. The average molecular weight is 412 g/mol. The summed E-state index contributed by atoms with van der Waals surface area (Å²) in [5.41, 5.74) is 4.17. The van der Waals surface area contributed by atoms with E-state index in [2.05, 4.69) is 22.0 Å². The van der Waals surface area contributed by atoms with E-state index in [1.807, 2.05) is 0 Å². The topological polar surface area (TPSA) is 137 Å². The summed E-state index contributed by atoms with van der Waals surface area (Å²) in [6.07, 6.45) is 1.51. The second-order valence-electron chi connectivity index (χ2n) is 6.84. The summed E-state index contributed by atoms with van der Waals surface area (Å²) in [4.78, 5) is 15.7. The number of aliphatic hydroxyl groups is 2. The lowest BCUT2D eigenvalue weighted by Crippen LogP contribution is -2.19. The number of hydrogen-bond donors (Lipinski definition) is 3. The van der Waals surface area contributed by atoms with Crippen molar-refractivity contribution in [3.05, 3.63) is 52.9 Å². The van der Waals surface area contributed by atoms with Crippen molar-refractivity contribution in [3.63, 3.8) is 0 Å². The van der Waals surface area contributed by atoms with Gasteiger partial charge in [0.2, 0.25) is 0 Å². The smallest absolute Gasteiger partial charge is 0.268 e. The van der Waals surface area contributed by atoms with Crippen molar-refractivity contribution in [1.29, 1.82) is 0 Å². The largest absolute Gasteiger partial charge is 0.491 e. The molecule has 1 amide bonds. The first-order valence-corrected chi connectivity index (χ1v) is 8.94. The SMILES string of the molecule is CC(O)(C#Cc1cc2c(cc1F)OCCn1cc(C(N)=O)nc1-2)c1cc(CO)on1. The Morgan fingerprint density at radius 3 is 2.93 bits per heavy atom. The second-order valence-corrected chi connectivity index (χ2v) is 6.84. The number of ether oxygens (including phenoxy) is 1. The summed E-state index contributed by atoms with van der Waals surface area (Å²) in [6.45, 7) is 1.65. The first-order valence-electron chi connectivity index (χ1n) is 8.94. The van der Waals surface area contributed by atoms with E-state index in [1.165, 1.54) is 31.3 Å². The van der Waals surface area contributed by atoms with E-state index in [0.29, 0.717) is 17.9 Å². The number of primary amides is 1. The van der Waals surface area contributed by atoms with Gasteiger partial charge >= 0.3 is 0 Å². The molecule has 1 aliphatic rings. The van der Waals surface area contributed by atoms with E-state index >= 15 is 0 Å². The molecule has 30 heavy (non-hydrogen) atoms. The van der Waals surface area contributed by atoms with Crippen LogP contribution < -0.4 is 10.5 Å². The highest BCUT2D eigenvalue weighted by Crippen LogP contribution is 2.34. The van der Waals surface area contributed by atoms with Crippen molar-refractivity contribution in [3.8, 4) is 29.0 Å². The molecule has 0 saturated heterocycles. The molecule has 10 heteroatoms. The lowest BCUT2D eigenvalue weighted by molar-refractivity contribution is 0.0995. The van der Waals surface area contributed by atoms with E-state index < -0.39 is 17.3 Å². The van der Waals surface area contributed by atoms with Crippen LogP contribution in [0.2, 0.25) is 0 Å². The summed E-state index contributed by atoms with van der Waals surface area (Å²) < 4.78 is 26.8. The van der Waals surface area contributed by atoms with Gasteiger partial charge in [-0.15, -0.1) is 0 Å². The third kappa shape index (κ3) is 3.52. The summed E-state index contributed by atoms with van der Waals surface area (Å²) in [5, 5.41) is 23.3. The number of nitrogens with zero attached hydrogens (tertiary/aromatic N) is 3. The molecule has 1 aliphatic heterocycles. The molecule has 0 radical (unpaired) electrons. The molecule has 0 bridgehead atoms. The molecule has 3 aromatic rings. The van der Waals surface area contributed by atoms with Crippen LogP contribution in [0.25, 0.3) is 11.4 Å². The van der Waals surface area contributed by atoms with Crippen molar-refractivity contribution in [2.45, 2.75) is 25.7 Å². The molecule has 0 saturated carbocycles. The van der Waals surface area contributed by atoms with Crippen LogP contribution in [0.1, 0.15) is 34.4 Å². The Hall–Kier alpha value is -3.68. The van der Waals surface area contributed by atoms with E-state index in [0.717, 1.165) is 0 Å². The van der Waals surface area contributed by atoms with Crippen molar-refractivity contribution in [1.82, 2.24) is 14.7 Å². The summed E-state index contributed by atoms with van der Waals surface area (Å²) in [7, 11) is 0. The monoisotopic (exact) mass is 412 g/mol. The number of aromatic nitrogens is 3. The maximum Gasteiger partial charge on any atom is 0.268 e. The quantitative estimate of drug-likeness (QED) is 0.544. The molecular weight excluding hydrogens is 395 g/mol. The fraction of sp³-hybridized carbons (Fsp3) is 0.250. The number of carbonyl (C=O) groups excluding carboxylic acids is 1. The van der Waals surface area contributed by atoms with Crippen LogP contribution in [0.3, 0.4) is 0 Å². The van der Waals surface area contributed by atoms with Gasteiger partial charge in [0.15, 0.2) is 11.4 Å². The number of halogens is 1. The lowest BCUT2D eigenvalue weighted by Gasteiger charge is -2.12. The molecule has 0 spiro atoms. The molecule has 3 heterocycles. The van der Waals surface area contributed by atoms with Gasteiger partial charge in [-0.3, -0.25) is 4.79 Å². The van der Waals surface area contributed by atoms with Gasteiger partial charge in [-0.1, -0.05) is 17.0 Å². The molecular formula is C20H17FN4O5. The van der Waals surface area contributed by atoms with Gasteiger partial charge in [0.05, 0.1) is 17.7 Å². The second kappa shape index (κ2) is 7.29. The van der Waals surface area contributed by atoms with Crippen LogP contribution in [-0.4, -0.2) is 37.4 Å². The fourth-order valence-corrected chi connectivity index (χ4v) is 2.99. The minimum Gasteiger partial charge on any atom is -0.491 e. The minimum atomic E-state index is -1.75. The molecule has 1 aromatic carbocycles. The molecule has 0 aliphatic carbocycles. The van der Waals surface area contributed by atoms with Crippen LogP contribution in [0.4, 0.5) is 4.39 Å². The van der Waals surface area contributed by atoms with Gasteiger partial charge in [0.25, 0.3) is 5.91 Å². The van der Waals surface area contributed by atoms with Gasteiger partial charge in [-0.25, -0.2) is 9.37 Å². The van der Waals surface area contributed by atoms with Crippen molar-refractivity contribution in [2.24, 2.45) is 5.73 Å². The van der Waals surface area contributed by atoms with Gasteiger partial charge in [-0.05, 0) is 13.0 Å². The first kappa shape index (κ1) is 19.6. The maximum atomic E-state index is 14.6. The summed E-state index contributed by atoms with van der Waals surface area (Å²) in [6, 6.07) is 3.98. The van der Waals surface area contributed by atoms with Crippen molar-refractivity contribution < 1.29 is 28.7 Å². The van der Waals surface area contributed by atoms with E-state index in [-0.39, 0.29) is 41.7 Å². The van der Waals surface area contributed by atoms with Gasteiger partial charge in [0.1, 0.15) is 42.0 Å². The predicted octanol–water partition coefficient (Wildman–Crippen LogP) is 0.920. The zero-order valence-corrected chi connectivity index (χ0v) is 15.8. The van der Waals surface area contributed by atoms with Crippen LogP contribution in [0.5, 0.6) is 5.75 Å². The van der Waals surface area contributed by atoms with Crippen molar-refractivity contribution in [2.75, 3.05) is 6.61 Å². The Labute approximate surface area is 169 Å². The fourth-order valence-electron chi connectivity index (χ4n) is 2.99. The number of imidazole rings is 1. The Kier molecular flexibility index (Phi) is 4.77. The van der Waals surface area contributed by atoms with E-state index in [9.17, 15) is 14.3 Å². The Morgan fingerprint density at radius 1 is 1.43 bits per heavy atom. The molecule has 1 unspecified atom stereocenters. The van der Waals surface area contributed by atoms with E-state index in [4.69, 9.17) is 20.1 Å². The lowest BCUT2D eigenvalue weighted by atomic mass is 10.0. The number of fused-ring (bicyclic) bond motifs is 3. The molecule has 154 valence electrons. The highest BCUT2D eigenvalue weighted by atomic mass is 19.1. The zero-order chi connectivity index (χ0) is 21.5. The zero-order valence-electron chi connectivity index (χ0n) is 15.8. The molecule has 2 aromatic heterocycles. The molecule has 4 rings (SSSR count). The molecule has 9 nitrogen and oxygen atoms in total. The Morgan fingerprint density at radius 2 is 2.23 bits per heavy atom. The predicted molar refractivity (Wildman–Crippen MR) is 101 cm³/mol. The molecule has 4 N–H and O–H groups in total. The van der Waals surface area contributed by atoms with Gasteiger partial charge < -0.3 is 29.8 Å². The first-order chi connectivity index (χ1) is 14.3. The van der Waals surface area contributed by atoms with Crippen molar-refractivity contribution >= 4 is 5.91 Å². The number of nitrogens with two attached hydrogens (primary N) is 1. The van der Waals surface area contributed by atoms with Crippen LogP contribution in [0, 0.1) is 17.7 Å². The normalized spacial score (nSPS) is 14.4. The standard InChI is InChI=1S/C20H17FN4O5/c1-20(28,17-7-12(10-26)30-24-17)3-2-11-6-13-16(8-14(11)21)29-5-4-25-9-15(18(22)27)23-19(13)25/h6-9,26,28H,4-5,10H2,1H3,(H2,22,27). The van der Waals surface area contributed by atoms with Crippen LogP contribution >= 0.6 is 0 Å². The highest BCUT2D eigenvalue weighted by molar-refractivity contribution is 5.91. The molecule has 0 fully saturated rings. The third-order valence-corrected chi connectivity index (χ3v) is 4.58. The summed E-state index contributed by atoms with van der Waals surface area (Å²) >= 11 is 0. The Balaban J connectivity index is 1.76. The summed E-state index contributed by atoms with van der Waals surface area (Å²) in [5.74, 6) is 4.66. The third-order valence-electron chi connectivity index (χ3n) is 4.58. The van der Waals surface area contributed by atoms with Crippen LogP contribution in [0.15, 0.2) is 28.9 Å². The van der Waals surface area contributed by atoms with Crippen LogP contribution in [-0.2, 0) is 18.8 Å². The number of benzene rings is 1.